The van der Waals surface area contributed by atoms with Crippen LogP contribution in [-0.4, -0.2) is 42.6 Å². The van der Waals surface area contributed by atoms with Crippen molar-refractivity contribution in [1.29, 1.82) is 0 Å². The van der Waals surface area contributed by atoms with Gasteiger partial charge in [0.1, 0.15) is 5.75 Å². The molecule has 0 aromatic heterocycles. The highest BCUT2D eigenvalue weighted by atomic mass is 19.4. The van der Waals surface area contributed by atoms with Crippen LogP contribution in [-0.2, 0) is 11.0 Å². The molecule has 122 valence electrons. The van der Waals surface area contributed by atoms with Gasteiger partial charge in [0.25, 0.3) is 5.91 Å². The molecular formula is C15H19F3N2O2. The van der Waals surface area contributed by atoms with Gasteiger partial charge in [-0.3, -0.25) is 4.79 Å². The van der Waals surface area contributed by atoms with Crippen LogP contribution in [0.25, 0.3) is 0 Å². The number of nitrogens with one attached hydrogen (secondary N) is 1. The Balaban J connectivity index is 2.09. The molecule has 0 spiro atoms. The second kappa shape index (κ2) is 6.56. The van der Waals surface area contributed by atoms with Gasteiger partial charge in [-0.25, -0.2) is 0 Å². The number of carbonyl (C=O) groups is 1. The smallest absolute Gasteiger partial charge is 0.419 e. The Morgan fingerprint density at radius 3 is 2.73 bits per heavy atom. The molecule has 0 saturated carbocycles. The van der Waals surface area contributed by atoms with E-state index in [0.29, 0.717) is 19.6 Å². The fraction of sp³-hybridized carbons (Fsp3) is 0.533. The van der Waals surface area contributed by atoms with E-state index in [-0.39, 0.29) is 17.7 Å². The Morgan fingerprint density at radius 1 is 1.41 bits per heavy atom. The van der Waals surface area contributed by atoms with Gasteiger partial charge in [-0.2, -0.15) is 13.2 Å². The van der Waals surface area contributed by atoms with E-state index in [0.717, 1.165) is 6.07 Å². The van der Waals surface area contributed by atoms with E-state index in [1.807, 2.05) is 6.92 Å². The number of benzene rings is 1. The average molecular weight is 316 g/mol. The van der Waals surface area contributed by atoms with E-state index in [9.17, 15) is 18.0 Å². The van der Waals surface area contributed by atoms with Crippen molar-refractivity contribution >= 4 is 5.91 Å². The Hall–Kier alpha value is -1.76. The van der Waals surface area contributed by atoms with Gasteiger partial charge in [0.2, 0.25) is 0 Å². The molecule has 0 bridgehead atoms. The van der Waals surface area contributed by atoms with E-state index in [1.165, 1.54) is 25.1 Å². The lowest BCUT2D eigenvalue weighted by Gasteiger charge is -2.33. The van der Waals surface area contributed by atoms with E-state index >= 15 is 0 Å². The summed E-state index contributed by atoms with van der Waals surface area (Å²) in [6.07, 6.45) is -5.48. The van der Waals surface area contributed by atoms with Crippen molar-refractivity contribution in [2.24, 2.45) is 0 Å². The zero-order valence-corrected chi connectivity index (χ0v) is 12.5. The van der Waals surface area contributed by atoms with Crippen LogP contribution in [0.15, 0.2) is 24.3 Å². The van der Waals surface area contributed by atoms with Crippen LogP contribution in [0.4, 0.5) is 13.2 Å². The number of nitrogens with zero attached hydrogens (tertiary/aromatic N) is 1. The lowest BCUT2D eigenvalue weighted by atomic mass is 10.2. The first-order chi connectivity index (χ1) is 10.3. The normalized spacial score (nSPS) is 20.6. The monoisotopic (exact) mass is 316 g/mol. The maximum absolute atomic E-state index is 12.9. The van der Waals surface area contributed by atoms with Gasteiger partial charge in [0.05, 0.1) is 5.56 Å². The van der Waals surface area contributed by atoms with Gasteiger partial charge in [-0.05, 0) is 26.0 Å². The van der Waals surface area contributed by atoms with Crippen LogP contribution in [0, 0.1) is 0 Å². The molecule has 1 amide bonds. The zero-order chi connectivity index (χ0) is 16.3. The van der Waals surface area contributed by atoms with Gasteiger partial charge in [-0.1, -0.05) is 12.1 Å². The van der Waals surface area contributed by atoms with Crippen LogP contribution >= 0.6 is 0 Å². The maximum atomic E-state index is 12.9. The predicted octanol–water partition coefficient (Wildman–Crippen LogP) is 2.29. The van der Waals surface area contributed by atoms with Crippen LogP contribution in [0.3, 0.4) is 0 Å². The molecule has 1 N–H and O–H groups in total. The van der Waals surface area contributed by atoms with E-state index < -0.39 is 17.8 Å². The van der Waals surface area contributed by atoms with Crippen molar-refractivity contribution in [2.45, 2.75) is 32.2 Å². The number of halogens is 3. The second-order valence-corrected chi connectivity index (χ2v) is 5.39. The van der Waals surface area contributed by atoms with Crippen LogP contribution in [0.5, 0.6) is 5.75 Å². The fourth-order valence-electron chi connectivity index (χ4n) is 2.43. The minimum Gasteiger partial charge on any atom is -0.480 e. The number of carbonyl (C=O) groups excluding carboxylic acids is 1. The first-order valence-electron chi connectivity index (χ1n) is 7.14. The molecule has 22 heavy (non-hydrogen) atoms. The first kappa shape index (κ1) is 16.6. The van der Waals surface area contributed by atoms with E-state index in [1.54, 1.807) is 4.90 Å². The van der Waals surface area contributed by atoms with Crippen molar-refractivity contribution in [3.05, 3.63) is 29.8 Å². The Bertz CT molecular complexity index is 534. The predicted molar refractivity (Wildman–Crippen MR) is 75.6 cm³/mol. The molecule has 1 saturated heterocycles. The Kier molecular flexibility index (Phi) is 4.95. The molecule has 1 aromatic rings. The topological polar surface area (TPSA) is 41.6 Å². The molecular weight excluding hydrogens is 297 g/mol. The average Bonchev–Trinajstić information content (AvgIpc) is 2.46. The zero-order valence-electron chi connectivity index (χ0n) is 12.5. The van der Waals surface area contributed by atoms with Gasteiger partial charge in [-0.15, -0.1) is 0 Å². The summed E-state index contributed by atoms with van der Waals surface area (Å²) in [4.78, 5) is 13.9. The van der Waals surface area contributed by atoms with E-state index in [2.05, 4.69) is 5.32 Å². The Morgan fingerprint density at radius 2 is 2.09 bits per heavy atom. The number of amides is 1. The number of hydrogen-bond acceptors (Lipinski definition) is 3. The molecule has 1 aromatic carbocycles. The molecule has 2 rings (SSSR count). The number of hydrogen-bond donors (Lipinski definition) is 1. The number of alkyl halides is 3. The van der Waals surface area contributed by atoms with Crippen molar-refractivity contribution in [3.8, 4) is 5.75 Å². The molecule has 7 heteroatoms. The quantitative estimate of drug-likeness (QED) is 0.930. The third kappa shape index (κ3) is 3.91. The molecule has 1 fully saturated rings. The van der Waals surface area contributed by atoms with Gasteiger partial charge in [0, 0.05) is 25.7 Å². The maximum Gasteiger partial charge on any atom is 0.419 e. The van der Waals surface area contributed by atoms with Gasteiger partial charge in [0.15, 0.2) is 6.10 Å². The minimum absolute atomic E-state index is 0.160. The molecule has 0 radical (unpaired) electrons. The third-order valence-electron chi connectivity index (χ3n) is 3.52. The van der Waals surface area contributed by atoms with Crippen LogP contribution in [0.2, 0.25) is 0 Å². The molecule has 1 aliphatic heterocycles. The summed E-state index contributed by atoms with van der Waals surface area (Å²) in [5, 5.41) is 3.20. The number of ether oxygens (including phenoxy) is 1. The van der Waals surface area contributed by atoms with Gasteiger partial charge >= 0.3 is 6.18 Å². The summed E-state index contributed by atoms with van der Waals surface area (Å²) >= 11 is 0. The molecule has 1 aliphatic rings. The minimum atomic E-state index is -4.51. The number of para-hydroxylation sites is 1. The molecule has 2 unspecified atom stereocenters. The highest BCUT2D eigenvalue weighted by Gasteiger charge is 2.35. The van der Waals surface area contributed by atoms with E-state index in [4.69, 9.17) is 4.74 Å². The lowest BCUT2D eigenvalue weighted by molar-refractivity contribution is -0.144. The largest absolute Gasteiger partial charge is 0.480 e. The lowest BCUT2D eigenvalue weighted by Crippen LogP contribution is -2.54. The summed E-state index contributed by atoms with van der Waals surface area (Å²) in [5.74, 6) is -0.621. The summed E-state index contributed by atoms with van der Waals surface area (Å²) in [6, 6.07) is 5.08. The van der Waals surface area contributed by atoms with Gasteiger partial charge < -0.3 is 15.0 Å². The molecule has 0 aliphatic carbocycles. The number of rotatable bonds is 3. The summed E-state index contributed by atoms with van der Waals surface area (Å²) in [6.45, 7) is 5.14. The first-order valence-corrected chi connectivity index (χ1v) is 7.14. The van der Waals surface area contributed by atoms with Crippen molar-refractivity contribution in [1.82, 2.24) is 10.2 Å². The summed E-state index contributed by atoms with van der Waals surface area (Å²) in [7, 11) is 0. The SMILES string of the molecule is CC1CN(C(=O)C(C)Oc2ccccc2C(F)(F)F)CCN1. The van der Waals surface area contributed by atoms with Crippen LogP contribution in [0.1, 0.15) is 19.4 Å². The second-order valence-electron chi connectivity index (χ2n) is 5.39. The highest BCUT2D eigenvalue weighted by molar-refractivity contribution is 5.81. The third-order valence-corrected chi connectivity index (χ3v) is 3.52. The van der Waals surface area contributed by atoms with Crippen LogP contribution < -0.4 is 10.1 Å². The Labute approximate surface area is 127 Å². The molecule has 1 heterocycles. The standard InChI is InChI=1S/C15H19F3N2O2/c1-10-9-20(8-7-19-10)14(21)11(2)22-13-6-4-3-5-12(13)15(16,17)18/h3-6,10-11,19H,7-9H2,1-2H3. The number of piperazine rings is 1. The highest BCUT2D eigenvalue weighted by Crippen LogP contribution is 2.36. The summed E-state index contributed by atoms with van der Waals surface area (Å²) < 4.78 is 44.1. The van der Waals surface area contributed by atoms with Crippen molar-refractivity contribution in [3.63, 3.8) is 0 Å². The van der Waals surface area contributed by atoms with Crippen molar-refractivity contribution in [2.75, 3.05) is 19.6 Å². The fourth-order valence-corrected chi connectivity index (χ4v) is 2.43. The van der Waals surface area contributed by atoms with Crippen molar-refractivity contribution < 1.29 is 22.7 Å². The molecule has 4 nitrogen and oxygen atoms in total. The summed E-state index contributed by atoms with van der Waals surface area (Å²) in [5.41, 5.74) is -0.872. The molecule has 2 atom stereocenters.